The lowest BCUT2D eigenvalue weighted by atomic mass is 10.1. The molecule has 1 N–H and O–H groups in total. The number of hydrogen-bond acceptors (Lipinski definition) is 3. The minimum absolute atomic E-state index is 0.0995. The summed E-state index contributed by atoms with van der Waals surface area (Å²) in [5.41, 5.74) is 0.683. The Morgan fingerprint density at radius 3 is 2.92 bits per heavy atom. The summed E-state index contributed by atoms with van der Waals surface area (Å²) in [7, 11) is 0. The summed E-state index contributed by atoms with van der Waals surface area (Å²) >= 11 is 0. The van der Waals surface area contributed by atoms with Crippen molar-refractivity contribution in [3.63, 3.8) is 0 Å². The topological polar surface area (TPSA) is 74.0 Å². The van der Waals surface area contributed by atoms with Gasteiger partial charge in [0.25, 0.3) is 0 Å². The molecule has 1 rings (SSSR count). The molecule has 0 aliphatic heterocycles. The van der Waals surface area contributed by atoms with Gasteiger partial charge in [0.15, 0.2) is 5.69 Å². The van der Waals surface area contributed by atoms with E-state index < -0.39 is 5.97 Å². The average Bonchev–Trinajstić information content (AvgIpc) is 2.03. The number of carboxylic acid groups (broad SMARTS) is 1. The summed E-state index contributed by atoms with van der Waals surface area (Å²) in [6.07, 6.45) is 1.42. The van der Waals surface area contributed by atoms with Gasteiger partial charge in [-0.25, -0.2) is 9.78 Å². The molecule has 0 spiro atoms. The number of rotatable bonds is 1. The lowest BCUT2D eigenvalue weighted by Gasteiger charge is -1.96. The molecule has 0 aliphatic rings. The van der Waals surface area contributed by atoms with E-state index >= 15 is 0 Å². The molecule has 1 aromatic rings. The number of aromatic carboxylic acids is 1. The van der Waals surface area contributed by atoms with Crippen LogP contribution in [0.15, 0.2) is 12.3 Å². The number of pyridine rings is 1. The first-order chi connectivity index (χ1) is 5.65. The highest BCUT2D eigenvalue weighted by atomic mass is 16.4. The molecule has 0 bridgehead atoms. The molecular formula is C8H6N2O2. The summed E-state index contributed by atoms with van der Waals surface area (Å²) in [6.45, 7) is 1.75. The van der Waals surface area contributed by atoms with Crippen LogP contribution in [0.3, 0.4) is 0 Å². The van der Waals surface area contributed by atoms with Gasteiger partial charge in [-0.1, -0.05) is 0 Å². The van der Waals surface area contributed by atoms with Crippen molar-refractivity contribution in [3.8, 4) is 6.07 Å². The Hall–Kier alpha value is -1.89. The maximum absolute atomic E-state index is 10.5. The van der Waals surface area contributed by atoms with E-state index in [0.29, 0.717) is 0 Å². The van der Waals surface area contributed by atoms with E-state index in [-0.39, 0.29) is 11.3 Å². The summed E-state index contributed by atoms with van der Waals surface area (Å²) in [6, 6.07) is 3.27. The molecule has 12 heavy (non-hydrogen) atoms. The number of nitrogens with zero attached hydrogens (tertiary/aromatic N) is 2. The van der Waals surface area contributed by atoms with Crippen molar-refractivity contribution in [3.05, 3.63) is 29.1 Å². The zero-order valence-electron chi connectivity index (χ0n) is 6.40. The lowest BCUT2D eigenvalue weighted by molar-refractivity contribution is 0.0690. The Bertz CT molecular complexity index is 366. The molecule has 0 unspecified atom stereocenters. The molecule has 1 aromatic heterocycles. The lowest BCUT2D eigenvalue weighted by Crippen LogP contribution is -2.03. The Labute approximate surface area is 69.1 Å². The van der Waals surface area contributed by atoms with E-state index in [1.807, 2.05) is 0 Å². The largest absolute Gasteiger partial charge is 0.476 e. The van der Waals surface area contributed by atoms with Crippen LogP contribution in [0.5, 0.6) is 0 Å². The van der Waals surface area contributed by atoms with Gasteiger partial charge in [-0.3, -0.25) is 0 Å². The molecule has 0 aliphatic carbocycles. The molecule has 0 saturated heterocycles. The van der Waals surface area contributed by atoms with Gasteiger partial charge in [-0.05, 0) is 18.6 Å². The molecule has 60 valence electrons. The van der Waals surface area contributed by atoms with Crippen molar-refractivity contribution >= 4 is 5.97 Å². The van der Waals surface area contributed by atoms with E-state index in [2.05, 4.69) is 4.98 Å². The normalized spacial score (nSPS) is 9.00. The van der Waals surface area contributed by atoms with Gasteiger partial charge in [0.2, 0.25) is 0 Å². The molecule has 0 radical (unpaired) electrons. The van der Waals surface area contributed by atoms with Gasteiger partial charge in [0.05, 0.1) is 5.56 Å². The molecule has 0 saturated carbocycles. The Morgan fingerprint density at radius 1 is 1.75 bits per heavy atom. The highest BCUT2D eigenvalue weighted by Crippen LogP contribution is 2.06. The van der Waals surface area contributed by atoms with Crippen molar-refractivity contribution in [2.75, 3.05) is 0 Å². The third kappa shape index (κ3) is 1.40. The van der Waals surface area contributed by atoms with Crippen LogP contribution < -0.4 is 0 Å². The SMILES string of the molecule is Cc1cnc(C(=O)O)c(C#N)c1. The third-order valence-corrected chi connectivity index (χ3v) is 1.35. The number of aryl methyl sites for hydroxylation is 1. The van der Waals surface area contributed by atoms with Crippen molar-refractivity contribution in [2.24, 2.45) is 0 Å². The van der Waals surface area contributed by atoms with E-state index in [0.717, 1.165) is 5.56 Å². The molecule has 4 heteroatoms. The minimum Gasteiger partial charge on any atom is -0.476 e. The monoisotopic (exact) mass is 162 g/mol. The average molecular weight is 162 g/mol. The van der Waals surface area contributed by atoms with Crippen LogP contribution in [0.2, 0.25) is 0 Å². The Morgan fingerprint density at radius 2 is 2.42 bits per heavy atom. The second-order valence-corrected chi connectivity index (χ2v) is 2.33. The van der Waals surface area contributed by atoms with E-state index in [9.17, 15) is 4.79 Å². The quantitative estimate of drug-likeness (QED) is 0.667. The van der Waals surface area contributed by atoms with E-state index in [1.165, 1.54) is 12.3 Å². The number of carbonyl (C=O) groups is 1. The van der Waals surface area contributed by atoms with Gasteiger partial charge in [-0.2, -0.15) is 5.26 Å². The van der Waals surface area contributed by atoms with Gasteiger partial charge in [-0.15, -0.1) is 0 Å². The van der Waals surface area contributed by atoms with Gasteiger partial charge >= 0.3 is 5.97 Å². The highest BCUT2D eigenvalue weighted by molar-refractivity contribution is 5.88. The fourth-order valence-corrected chi connectivity index (χ4v) is 0.825. The summed E-state index contributed by atoms with van der Waals surface area (Å²) in [5, 5.41) is 17.1. The van der Waals surface area contributed by atoms with Crippen LogP contribution in [-0.4, -0.2) is 16.1 Å². The van der Waals surface area contributed by atoms with E-state index in [4.69, 9.17) is 10.4 Å². The molecule has 1 heterocycles. The number of carboxylic acids is 1. The molecule has 0 aromatic carbocycles. The third-order valence-electron chi connectivity index (χ3n) is 1.35. The standard InChI is InChI=1S/C8H6N2O2/c1-5-2-6(3-9)7(8(11)12)10-4-5/h2,4H,1H3,(H,11,12). The molecule has 0 fully saturated rings. The van der Waals surface area contributed by atoms with Crippen molar-refractivity contribution in [2.45, 2.75) is 6.92 Å². The summed E-state index contributed by atoms with van der Waals surface area (Å²) < 4.78 is 0. The minimum atomic E-state index is -1.17. The maximum Gasteiger partial charge on any atom is 0.355 e. The second-order valence-electron chi connectivity index (χ2n) is 2.33. The van der Waals surface area contributed by atoms with Gasteiger partial charge in [0, 0.05) is 6.20 Å². The van der Waals surface area contributed by atoms with Crippen LogP contribution in [0, 0.1) is 18.3 Å². The zero-order valence-corrected chi connectivity index (χ0v) is 6.40. The van der Waals surface area contributed by atoms with Crippen molar-refractivity contribution in [1.82, 2.24) is 4.98 Å². The van der Waals surface area contributed by atoms with Crippen molar-refractivity contribution in [1.29, 1.82) is 5.26 Å². The van der Waals surface area contributed by atoms with Crippen LogP contribution in [0.1, 0.15) is 21.6 Å². The first kappa shape index (κ1) is 8.21. The van der Waals surface area contributed by atoms with Crippen LogP contribution in [0.25, 0.3) is 0 Å². The van der Waals surface area contributed by atoms with E-state index in [1.54, 1.807) is 13.0 Å². The van der Waals surface area contributed by atoms with Crippen LogP contribution in [-0.2, 0) is 0 Å². The zero-order chi connectivity index (χ0) is 9.14. The summed E-state index contributed by atoms with van der Waals surface area (Å²) in [4.78, 5) is 14.1. The Balaban J connectivity index is 3.32. The fourth-order valence-electron chi connectivity index (χ4n) is 0.825. The molecule has 4 nitrogen and oxygen atoms in total. The predicted octanol–water partition coefficient (Wildman–Crippen LogP) is 0.960. The molecule has 0 atom stereocenters. The maximum atomic E-state index is 10.5. The molecular weight excluding hydrogens is 156 g/mol. The van der Waals surface area contributed by atoms with Crippen LogP contribution in [0.4, 0.5) is 0 Å². The predicted molar refractivity (Wildman–Crippen MR) is 40.6 cm³/mol. The van der Waals surface area contributed by atoms with Gasteiger partial charge in [0.1, 0.15) is 6.07 Å². The van der Waals surface area contributed by atoms with Crippen LogP contribution >= 0.6 is 0 Å². The van der Waals surface area contributed by atoms with Gasteiger partial charge < -0.3 is 5.11 Å². The smallest absolute Gasteiger partial charge is 0.355 e. The number of hydrogen-bond donors (Lipinski definition) is 1. The number of nitriles is 1. The number of aromatic nitrogens is 1. The Kier molecular flexibility index (Phi) is 2.06. The summed E-state index contributed by atoms with van der Waals surface area (Å²) in [5.74, 6) is -1.17. The first-order valence-corrected chi connectivity index (χ1v) is 3.25. The fraction of sp³-hybridized carbons (Fsp3) is 0.125. The first-order valence-electron chi connectivity index (χ1n) is 3.25. The molecule has 0 amide bonds. The second kappa shape index (κ2) is 3.01. The van der Waals surface area contributed by atoms with Crippen molar-refractivity contribution < 1.29 is 9.90 Å². The highest BCUT2D eigenvalue weighted by Gasteiger charge is 2.10.